The molecule has 1 aliphatic rings. The van der Waals surface area contributed by atoms with Gasteiger partial charge in [-0.2, -0.15) is 5.10 Å². The Morgan fingerprint density at radius 2 is 1.80 bits per heavy atom. The molecule has 35 heavy (non-hydrogen) atoms. The van der Waals surface area contributed by atoms with Gasteiger partial charge in [0.1, 0.15) is 5.76 Å². The smallest absolute Gasteiger partial charge is 0.267 e. The number of hydrogen-bond donors (Lipinski definition) is 1. The van der Waals surface area contributed by atoms with Crippen LogP contribution >= 0.6 is 11.8 Å². The number of carbonyl (C=O) groups excluding carboxylic acids is 1. The molecule has 2 heterocycles. The summed E-state index contributed by atoms with van der Waals surface area (Å²) in [4.78, 5) is 15.1. The third-order valence-electron chi connectivity index (χ3n) is 4.97. The lowest BCUT2D eigenvalue weighted by Gasteiger charge is -2.12. The largest absolute Gasteiger partial charge is 0.502 e. The fraction of sp³-hybridized carbons (Fsp3) is 0.115. The van der Waals surface area contributed by atoms with E-state index in [1.54, 1.807) is 36.6 Å². The molecule has 0 atom stereocenters. The molecule has 0 bridgehead atoms. The Kier molecular flexibility index (Phi) is 7.69. The topological polar surface area (TPSA) is 96.9 Å². The second kappa shape index (κ2) is 11.3. The molecule has 1 N–H and O–H groups in total. The van der Waals surface area contributed by atoms with Gasteiger partial charge in [0.25, 0.3) is 5.91 Å². The lowest BCUT2D eigenvalue weighted by molar-refractivity contribution is -0.122. The highest BCUT2D eigenvalue weighted by atomic mass is 32.2. The van der Waals surface area contributed by atoms with E-state index in [-0.39, 0.29) is 29.7 Å². The first-order chi connectivity index (χ1) is 17.1. The second-order valence-corrected chi connectivity index (χ2v) is 8.28. The zero-order valence-electron chi connectivity index (χ0n) is 19.1. The number of thioether (sulfide) groups is 1. The average Bonchev–Trinajstić information content (AvgIpc) is 3.50. The number of allylic oxidation sites excluding steroid dienone is 2. The zero-order valence-corrected chi connectivity index (χ0v) is 19.9. The molecule has 0 radical (unpaired) electrons. The minimum atomic E-state index is -0.189. The highest BCUT2D eigenvalue weighted by Gasteiger charge is 2.33. The van der Waals surface area contributed by atoms with Crippen molar-refractivity contribution < 1.29 is 23.8 Å². The van der Waals surface area contributed by atoms with E-state index in [4.69, 9.17) is 13.9 Å². The number of amidine groups is 1. The number of phenols is 1. The highest BCUT2D eigenvalue weighted by molar-refractivity contribution is 8.18. The minimum Gasteiger partial charge on any atom is -0.502 e. The summed E-state index contributed by atoms with van der Waals surface area (Å²) in [5.41, 5.74) is 1.64. The second-order valence-electron chi connectivity index (χ2n) is 7.27. The number of methoxy groups -OCH3 is 2. The van der Waals surface area contributed by atoms with E-state index < -0.39 is 0 Å². The molecule has 1 fully saturated rings. The SMILES string of the molecule is COc1cc(/C=N\N=C2\S/C(=C\C=C\c3ccccc3)C(=O)N2Cc2ccco2)cc(OC)c1O. The van der Waals surface area contributed by atoms with Gasteiger partial charge in [0.05, 0.1) is 38.1 Å². The Hall–Kier alpha value is -4.24. The van der Waals surface area contributed by atoms with Crippen LogP contribution in [-0.4, -0.2) is 41.5 Å². The van der Waals surface area contributed by atoms with Gasteiger partial charge in [-0.25, -0.2) is 0 Å². The predicted molar refractivity (Wildman–Crippen MR) is 137 cm³/mol. The molecule has 0 unspecified atom stereocenters. The summed E-state index contributed by atoms with van der Waals surface area (Å²) in [6.45, 7) is 0.230. The number of rotatable bonds is 8. The Balaban J connectivity index is 1.59. The molecule has 0 saturated carbocycles. The molecule has 0 aliphatic carbocycles. The van der Waals surface area contributed by atoms with E-state index in [9.17, 15) is 9.90 Å². The van der Waals surface area contributed by atoms with Crippen LogP contribution in [0.25, 0.3) is 6.08 Å². The summed E-state index contributed by atoms with van der Waals surface area (Å²) in [7, 11) is 2.89. The molecule has 1 saturated heterocycles. The average molecular weight is 490 g/mol. The van der Waals surface area contributed by atoms with Crippen LogP contribution in [-0.2, 0) is 11.3 Å². The Morgan fingerprint density at radius 3 is 2.46 bits per heavy atom. The van der Waals surface area contributed by atoms with Crippen molar-refractivity contribution in [1.29, 1.82) is 0 Å². The van der Waals surface area contributed by atoms with Crippen LogP contribution in [0.3, 0.4) is 0 Å². The van der Waals surface area contributed by atoms with Crippen molar-refractivity contribution in [3.05, 3.63) is 94.8 Å². The molecule has 8 nitrogen and oxygen atoms in total. The Labute approximate surface area is 206 Å². The van der Waals surface area contributed by atoms with Gasteiger partial charge in [-0.3, -0.25) is 9.69 Å². The number of amides is 1. The summed E-state index contributed by atoms with van der Waals surface area (Å²) in [6.07, 6.45) is 8.57. The monoisotopic (exact) mass is 489 g/mol. The summed E-state index contributed by atoms with van der Waals surface area (Å²) < 4.78 is 15.8. The van der Waals surface area contributed by atoms with E-state index in [1.165, 1.54) is 37.1 Å². The number of carbonyl (C=O) groups is 1. The van der Waals surface area contributed by atoms with Gasteiger partial charge in [-0.1, -0.05) is 42.5 Å². The molecule has 1 aromatic heterocycles. The number of hydrogen-bond acceptors (Lipinski definition) is 8. The minimum absolute atomic E-state index is 0.0987. The first-order valence-electron chi connectivity index (χ1n) is 10.6. The highest BCUT2D eigenvalue weighted by Crippen LogP contribution is 2.37. The number of ether oxygens (including phenoxy) is 2. The van der Waals surface area contributed by atoms with Crippen LogP contribution in [0.15, 0.2) is 92.5 Å². The van der Waals surface area contributed by atoms with E-state index in [2.05, 4.69) is 10.2 Å². The van der Waals surface area contributed by atoms with Crippen LogP contribution in [0.4, 0.5) is 0 Å². The third-order valence-corrected chi connectivity index (χ3v) is 5.99. The fourth-order valence-electron chi connectivity index (χ4n) is 3.24. The van der Waals surface area contributed by atoms with Gasteiger partial charge in [0.2, 0.25) is 5.75 Å². The van der Waals surface area contributed by atoms with Crippen LogP contribution in [0.1, 0.15) is 16.9 Å². The lowest BCUT2D eigenvalue weighted by atomic mass is 10.2. The third kappa shape index (κ3) is 5.82. The maximum absolute atomic E-state index is 13.1. The zero-order chi connectivity index (χ0) is 24.6. The van der Waals surface area contributed by atoms with Gasteiger partial charge in [0.15, 0.2) is 16.7 Å². The van der Waals surface area contributed by atoms with Gasteiger partial charge >= 0.3 is 0 Å². The van der Waals surface area contributed by atoms with Crippen molar-refractivity contribution in [2.75, 3.05) is 14.2 Å². The van der Waals surface area contributed by atoms with E-state index in [0.717, 1.165) is 5.56 Å². The molecule has 1 aliphatic heterocycles. The van der Waals surface area contributed by atoms with Gasteiger partial charge in [0, 0.05) is 5.56 Å². The van der Waals surface area contributed by atoms with Crippen molar-refractivity contribution >= 4 is 35.1 Å². The molecule has 0 spiro atoms. The normalized spacial score (nSPS) is 16.3. The lowest BCUT2D eigenvalue weighted by Crippen LogP contribution is -2.28. The van der Waals surface area contributed by atoms with E-state index in [1.807, 2.05) is 42.5 Å². The standard InChI is InChI=1S/C26H23N3O5S/c1-32-21-14-19(15-22(33-2)24(21)30)16-27-28-26-29(17-20-11-7-13-34-20)25(31)23(35-26)12-6-10-18-8-4-3-5-9-18/h3-16,30H,17H2,1-2H3/b10-6+,23-12-,27-16-,28-26+. The van der Waals surface area contributed by atoms with E-state index >= 15 is 0 Å². The number of furan rings is 1. The number of benzene rings is 2. The van der Waals surface area contributed by atoms with Gasteiger partial charge in [-0.05, 0) is 47.7 Å². The molecule has 3 aromatic rings. The van der Waals surface area contributed by atoms with Crippen molar-refractivity contribution in [1.82, 2.24) is 4.90 Å². The first-order valence-corrected chi connectivity index (χ1v) is 11.4. The van der Waals surface area contributed by atoms with Crippen LogP contribution in [0.5, 0.6) is 17.2 Å². The number of nitrogens with zero attached hydrogens (tertiary/aromatic N) is 3. The maximum atomic E-state index is 13.1. The predicted octanol–water partition coefficient (Wildman–Crippen LogP) is 5.07. The molecule has 178 valence electrons. The van der Waals surface area contributed by atoms with Crippen LogP contribution in [0, 0.1) is 0 Å². The van der Waals surface area contributed by atoms with Crippen molar-refractivity contribution in [3.8, 4) is 17.2 Å². The fourth-order valence-corrected chi connectivity index (χ4v) is 4.12. The molecular weight excluding hydrogens is 466 g/mol. The maximum Gasteiger partial charge on any atom is 0.267 e. The molecule has 1 amide bonds. The Morgan fingerprint density at radius 1 is 1.06 bits per heavy atom. The summed E-state index contributed by atoms with van der Waals surface area (Å²) in [5.74, 6) is 0.839. The molecule has 4 rings (SSSR count). The number of phenolic OH excluding ortho intramolecular Hbond substituents is 1. The Bertz CT molecular complexity index is 1270. The quantitative estimate of drug-likeness (QED) is 0.270. The molecule has 2 aromatic carbocycles. The summed E-state index contributed by atoms with van der Waals surface area (Å²) >= 11 is 1.23. The van der Waals surface area contributed by atoms with Crippen molar-refractivity contribution in [2.24, 2.45) is 10.2 Å². The van der Waals surface area contributed by atoms with Crippen LogP contribution < -0.4 is 9.47 Å². The summed E-state index contributed by atoms with van der Waals surface area (Å²) in [5, 5.41) is 18.9. The first kappa shape index (κ1) is 23.9. The van der Waals surface area contributed by atoms with Crippen molar-refractivity contribution in [2.45, 2.75) is 6.54 Å². The molecule has 9 heteroatoms. The van der Waals surface area contributed by atoms with Gasteiger partial charge in [-0.15, -0.1) is 5.10 Å². The number of aromatic hydroxyl groups is 1. The van der Waals surface area contributed by atoms with Crippen molar-refractivity contribution in [3.63, 3.8) is 0 Å². The van der Waals surface area contributed by atoms with Gasteiger partial charge < -0.3 is 19.0 Å². The molecular formula is C26H23N3O5S. The van der Waals surface area contributed by atoms with Crippen LogP contribution in [0.2, 0.25) is 0 Å². The summed E-state index contributed by atoms with van der Waals surface area (Å²) in [6, 6.07) is 16.6. The van der Waals surface area contributed by atoms with E-state index in [0.29, 0.717) is 21.4 Å².